The average molecular weight is 394 g/mol. The molecule has 28 heavy (non-hydrogen) atoms. The largest absolute Gasteiger partial charge is 0.477 e. The third-order valence-corrected chi connectivity index (χ3v) is 6.15. The Balaban J connectivity index is 1.83. The van der Waals surface area contributed by atoms with E-state index in [1.165, 1.54) is 0 Å². The van der Waals surface area contributed by atoms with E-state index >= 15 is 0 Å². The number of nitrogens with zero attached hydrogens (tertiary/aromatic N) is 2. The molecule has 142 valence electrons. The van der Waals surface area contributed by atoms with Crippen LogP contribution in [0.15, 0.2) is 42.5 Å². The summed E-state index contributed by atoms with van der Waals surface area (Å²) in [7, 11) is 0. The molecule has 0 spiro atoms. The van der Waals surface area contributed by atoms with Crippen molar-refractivity contribution in [1.29, 1.82) is 5.26 Å². The van der Waals surface area contributed by atoms with Crippen LogP contribution in [-0.2, 0) is 4.74 Å². The molecule has 7 heteroatoms. The first-order chi connectivity index (χ1) is 13.6. The molecule has 3 aromatic rings. The maximum atomic E-state index is 11.9. The smallest absolute Gasteiger partial charge is 0.346 e. The lowest BCUT2D eigenvalue weighted by Crippen LogP contribution is -2.36. The minimum Gasteiger partial charge on any atom is -0.477 e. The van der Waals surface area contributed by atoms with E-state index in [1.54, 1.807) is 6.07 Å². The first-order valence-electron chi connectivity index (χ1n) is 8.89. The summed E-state index contributed by atoms with van der Waals surface area (Å²) in [6.45, 7) is 2.21. The van der Waals surface area contributed by atoms with Crippen molar-refractivity contribution in [2.24, 2.45) is 0 Å². The number of carbonyl (C=O) groups is 1. The monoisotopic (exact) mass is 394 g/mol. The van der Waals surface area contributed by atoms with Crippen LogP contribution in [0.25, 0.3) is 10.8 Å². The van der Waals surface area contributed by atoms with Gasteiger partial charge in [-0.3, -0.25) is 0 Å². The van der Waals surface area contributed by atoms with Gasteiger partial charge >= 0.3 is 5.97 Å². The molecule has 1 atom stereocenters. The van der Waals surface area contributed by atoms with Gasteiger partial charge in [0.2, 0.25) is 0 Å². The van der Waals surface area contributed by atoms with Gasteiger partial charge in [-0.1, -0.05) is 36.4 Å². The summed E-state index contributed by atoms with van der Waals surface area (Å²) in [5.41, 5.74) is 0.950. The summed E-state index contributed by atoms with van der Waals surface area (Å²) in [5, 5.41) is 33.1. The maximum Gasteiger partial charge on any atom is 0.346 e. The molecule has 2 N–H and O–H groups in total. The fourth-order valence-electron chi connectivity index (χ4n) is 3.49. The van der Waals surface area contributed by atoms with E-state index in [0.717, 1.165) is 22.1 Å². The molecule has 4 rings (SSSR count). The Morgan fingerprint density at radius 1 is 1.18 bits per heavy atom. The summed E-state index contributed by atoms with van der Waals surface area (Å²) in [4.78, 5) is 13.8. The minimum absolute atomic E-state index is 0.00120. The van der Waals surface area contributed by atoms with Crippen molar-refractivity contribution in [3.63, 3.8) is 0 Å². The number of rotatable bonds is 4. The number of hydrogen-bond acceptors (Lipinski definition) is 6. The topological polar surface area (TPSA) is 93.8 Å². The number of morpholine rings is 1. The van der Waals surface area contributed by atoms with E-state index in [9.17, 15) is 20.3 Å². The first-order valence-corrected chi connectivity index (χ1v) is 9.71. The number of fused-ring (bicyclic) bond motifs is 1. The van der Waals surface area contributed by atoms with E-state index in [-0.39, 0.29) is 16.0 Å². The van der Waals surface area contributed by atoms with Crippen molar-refractivity contribution in [3.05, 3.63) is 64.0 Å². The van der Waals surface area contributed by atoms with Crippen molar-refractivity contribution >= 4 is 33.1 Å². The Labute approximate surface area is 165 Å². The summed E-state index contributed by atoms with van der Waals surface area (Å²) in [6, 6.07) is 15.4. The predicted molar refractivity (Wildman–Crippen MR) is 107 cm³/mol. The van der Waals surface area contributed by atoms with Crippen LogP contribution in [0, 0.1) is 11.3 Å². The van der Waals surface area contributed by atoms with Crippen LogP contribution in [-0.4, -0.2) is 42.5 Å². The highest BCUT2D eigenvalue weighted by Crippen LogP contribution is 2.41. The fourth-order valence-corrected chi connectivity index (χ4v) is 4.67. The van der Waals surface area contributed by atoms with Crippen LogP contribution in [0.4, 0.5) is 5.00 Å². The van der Waals surface area contributed by atoms with Gasteiger partial charge in [-0.25, -0.2) is 4.79 Å². The molecule has 1 fully saturated rings. The Hall–Kier alpha value is -2.92. The lowest BCUT2D eigenvalue weighted by Gasteiger charge is -2.27. The number of carboxylic acids is 1. The van der Waals surface area contributed by atoms with E-state index in [2.05, 4.69) is 6.07 Å². The molecule has 0 bridgehead atoms. The van der Waals surface area contributed by atoms with Gasteiger partial charge in [-0.15, -0.1) is 11.3 Å². The second-order valence-electron chi connectivity index (χ2n) is 6.55. The number of carboxylic acid groups (broad SMARTS) is 1. The Kier molecular flexibility index (Phi) is 5.01. The zero-order valence-electron chi connectivity index (χ0n) is 15.0. The molecule has 2 aromatic carbocycles. The zero-order valence-corrected chi connectivity index (χ0v) is 15.8. The molecular weight excluding hydrogens is 376 g/mol. The number of anilines is 1. The lowest BCUT2D eigenvalue weighted by atomic mass is 9.96. The number of nitriles is 1. The van der Waals surface area contributed by atoms with Crippen molar-refractivity contribution in [1.82, 2.24) is 0 Å². The molecule has 2 heterocycles. The highest BCUT2D eigenvalue weighted by Gasteiger charge is 2.31. The van der Waals surface area contributed by atoms with E-state index in [0.29, 0.717) is 36.9 Å². The molecule has 0 amide bonds. The summed E-state index contributed by atoms with van der Waals surface area (Å²) in [6.07, 6.45) is -1.20. The van der Waals surface area contributed by atoms with Gasteiger partial charge in [-0.05, 0) is 22.4 Å². The van der Waals surface area contributed by atoms with Crippen LogP contribution in [0.3, 0.4) is 0 Å². The van der Waals surface area contributed by atoms with Crippen molar-refractivity contribution in [3.8, 4) is 6.07 Å². The highest BCUT2D eigenvalue weighted by atomic mass is 32.1. The second-order valence-corrected chi connectivity index (χ2v) is 7.55. The van der Waals surface area contributed by atoms with Gasteiger partial charge in [0.1, 0.15) is 22.1 Å². The molecule has 0 aliphatic carbocycles. The summed E-state index contributed by atoms with van der Waals surface area (Å²) >= 11 is 1.04. The zero-order chi connectivity index (χ0) is 19.7. The Bertz CT molecular complexity index is 1080. The predicted octanol–water partition coefficient (Wildman–Crippen LogP) is 3.39. The second kappa shape index (κ2) is 7.60. The van der Waals surface area contributed by atoms with E-state index in [1.807, 2.05) is 41.3 Å². The van der Waals surface area contributed by atoms with Gasteiger partial charge in [0, 0.05) is 18.7 Å². The summed E-state index contributed by atoms with van der Waals surface area (Å²) in [5.74, 6) is -1.14. The Morgan fingerprint density at radius 2 is 1.89 bits per heavy atom. The SMILES string of the molecule is N#Cc1c(N2CCOCC2)sc(C(=O)O)c1C(O)c1ccc2ccccc2c1. The highest BCUT2D eigenvalue weighted by molar-refractivity contribution is 7.18. The molecule has 1 aromatic heterocycles. The van der Waals surface area contributed by atoms with Crippen LogP contribution < -0.4 is 4.90 Å². The van der Waals surface area contributed by atoms with Gasteiger partial charge < -0.3 is 19.8 Å². The number of aliphatic hydroxyl groups is 1. The van der Waals surface area contributed by atoms with Crippen molar-refractivity contribution in [2.75, 3.05) is 31.2 Å². The molecule has 1 unspecified atom stereocenters. The fraction of sp³-hybridized carbons (Fsp3) is 0.238. The summed E-state index contributed by atoms with van der Waals surface area (Å²) < 4.78 is 5.35. The average Bonchev–Trinajstić information content (AvgIpc) is 3.13. The van der Waals surface area contributed by atoms with Crippen LogP contribution in [0.5, 0.6) is 0 Å². The standard InChI is InChI=1S/C21H18N2O4S/c22-12-16-17(18(24)15-6-5-13-3-1-2-4-14(13)11-15)19(21(25)26)28-20(16)23-7-9-27-10-8-23/h1-6,11,18,24H,7-10H2,(H,25,26). The maximum absolute atomic E-state index is 11.9. The Morgan fingerprint density at radius 3 is 2.57 bits per heavy atom. The quantitative estimate of drug-likeness (QED) is 0.705. The van der Waals surface area contributed by atoms with E-state index < -0.39 is 12.1 Å². The number of thiophene rings is 1. The minimum atomic E-state index is -1.20. The van der Waals surface area contributed by atoms with Crippen LogP contribution >= 0.6 is 11.3 Å². The van der Waals surface area contributed by atoms with Crippen LogP contribution in [0.1, 0.15) is 32.5 Å². The molecular formula is C21H18N2O4S. The number of ether oxygens (including phenoxy) is 1. The first kappa shape index (κ1) is 18.4. The molecule has 0 saturated carbocycles. The molecule has 6 nitrogen and oxygen atoms in total. The lowest BCUT2D eigenvalue weighted by molar-refractivity contribution is 0.0697. The van der Waals surface area contributed by atoms with Gasteiger partial charge in [-0.2, -0.15) is 5.26 Å². The van der Waals surface area contributed by atoms with Gasteiger partial charge in [0.25, 0.3) is 0 Å². The van der Waals surface area contributed by atoms with Crippen LogP contribution in [0.2, 0.25) is 0 Å². The number of hydrogen-bond donors (Lipinski definition) is 2. The molecule has 1 aliphatic heterocycles. The van der Waals surface area contributed by atoms with Crippen molar-refractivity contribution in [2.45, 2.75) is 6.10 Å². The molecule has 1 aliphatic rings. The van der Waals surface area contributed by atoms with E-state index in [4.69, 9.17) is 4.74 Å². The van der Waals surface area contributed by atoms with Gasteiger partial charge in [0.05, 0.1) is 18.8 Å². The third kappa shape index (κ3) is 3.22. The van der Waals surface area contributed by atoms with Gasteiger partial charge in [0.15, 0.2) is 0 Å². The molecule has 1 saturated heterocycles. The third-order valence-electron chi connectivity index (χ3n) is 4.89. The number of aliphatic hydroxyl groups excluding tert-OH is 1. The number of aromatic carboxylic acids is 1. The molecule has 0 radical (unpaired) electrons. The number of benzene rings is 2. The van der Waals surface area contributed by atoms with Crippen molar-refractivity contribution < 1.29 is 19.7 Å². The normalized spacial score (nSPS) is 15.4.